The van der Waals surface area contributed by atoms with E-state index in [1.165, 1.54) is 18.0 Å². The van der Waals surface area contributed by atoms with E-state index in [4.69, 9.17) is 0 Å². The first-order valence-electron chi connectivity index (χ1n) is 6.71. The SMILES string of the molecule is CN(Cc1ccc(-c2noc(C(F)(F)F)n2)s1)C(=O)C1CC1(F)F. The number of nitrogens with zero attached hydrogens (tertiary/aromatic N) is 3. The Labute approximate surface area is 136 Å². The van der Waals surface area contributed by atoms with Crippen LogP contribution in [0.2, 0.25) is 0 Å². The summed E-state index contributed by atoms with van der Waals surface area (Å²) in [5.74, 6) is -6.55. The molecule has 1 fully saturated rings. The minimum atomic E-state index is -4.73. The molecule has 1 aliphatic carbocycles. The van der Waals surface area contributed by atoms with E-state index in [1.54, 1.807) is 6.07 Å². The number of carbonyl (C=O) groups excluding carboxylic acids is 1. The van der Waals surface area contributed by atoms with Gasteiger partial charge in [0, 0.05) is 18.3 Å². The van der Waals surface area contributed by atoms with Gasteiger partial charge in [-0.05, 0) is 12.1 Å². The van der Waals surface area contributed by atoms with Crippen molar-refractivity contribution in [2.45, 2.75) is 25.1 Å². The lowest BCUT2D eigenvalue weighted by Gasteiger charge is -2.15. The lowest BCUT2D eigenvalue weighted by Crippen LogP contribution is -2.29. The molecule has 24 heavy (non-hydrogen) atoms. The van der Waals surface area contributed by atoms with Crippen LogP contribution in [0.5, 0.6) is 0 Å². The lowest BCUT2D eigenvalue weighted by atomic mass is 10.3. The monoisotopic (exact) mass is 367 g/mol. The Morgan fingerprint density at radius 2 is 2.12 bits per heavy atom. The maximum absolute atomic E-state index is 12.9. The highest BCUT2D eigenvalue weighted by atomic mass is 32.1. The number of carbonyl (C=O) groups is 1. The summed E-state index contributed by atoms with van der Waals surface area (Å²) in [6, 6.07) is 3.05. The van der Waals surface area contributed by atoms with Crippen LogP contribution in [0, 0.1) is 5.92 Å². The van der Waals surface area contributed by atoms with Gasteiger partial charge in [0.2, 0.25) is 11.7 Å². The van der Waals surface area contributed by atoms with Crippen LogP contribution in [0.1, 0.15) is 17.2 Å². The van der Waals surface area contributed by atoms with Crippen LogP contribution < -0.4 is 0 Å². The number of hydrogen-bond acceptors (Lipinski definition) is 5. The summed E-state index contributed by atoms with van der Waals surface area (Å²) in [5.41, 5.74) is 0. The van der Waals surface area contributed by atoms with Gasteiger partial charge in [0.05, 0.1) is 11.4 Å². The maximum atomic E-state index is 12.9. The van der Waals surface area contributed by atoms with E-state index < -0.39 is 36.2 Å². The van der Waals surface area contributed by atoms with Crippen LogP contribution in [-0.4, -0.2) is 33.9 Å². The summed E-state index contributed by atoms with van der Waals surface area (Å²) in [7, 11) is 1.40. The van der Waals surface area contributed by atoms with Gasteiger partial charge in [0.15, 0.2) is 0 Å². The fourth-order valence-corrected chi connectivity index (χ4v) is 3.07. The molecule has 11 heteroatoms. The molecule has 130 valence electrons. The zero-order chi connectivity index (χ0) is 17.7. The number of amides is 1. The summed E-state index contributed by atoms with van der Waals surface area (Å²) in [6.45, 7) is 0.0695. The molecule has 1 amide bonds. The molecule has 0 aliphatic heterocycles. The number of aromatic nitrogens is 2. The molecule has 0 N–H and O–H groups in total. The summed E-state index contributed by atoms with van der Waals surface area (Å²) in [6.07, 6.45) is -5.18. The smallest absolute Gasteiger partial charge is 0.340 e. The minimum Gasteiger partial charge on any atom is -0.340 e. The molecule has 2 aromatic rings. The van der Waals surface area contributed by atoms with Gasteiger partial charge in [0.1, 0.15) is 5.92 Å². The molecule has 3 rings (SSSR count). The summed E-state index contributed by atoms with van der Waals surface area (Å²) >= 11 is 1.05. The molecule has 0 radical (unpaired) electrons. The van der Waals surface area contributed by atoms with Crippen LogP contribution in [0.15, 0.2) is 16.7 Å². The molecule has 0 saturated heterocycles. The largest absolute Gasteiger partial charge is 0.471 e. The molecular formula is C13H10F5N3O2S. The maximum Gasteiger partial charge on any atom is 0.471 e. The van der Waals surface area contributed by atoms with Crippen LogP contribution in [0.3, 0.4) is 0 Å². The van der Waals surface area contributed by atoms with Crippen LogP contribution >= 0.6 is 11.3 Å². The zero-order valence-electron chi connectivity index (χ0n) is 12.1. The second kappa shape index (κ2) is 5.50. The van der Waals surface area contributed by atoms with Crippen LogP contribution in [0.25, 0.3) is 10.7 Å². The minimum absolute atomic E-state index is 0.0695. The Bertz CT molecular complexity index is 770. The highest BCUT2D eigenvalue weighted by Gasteiger charge is 2.61. The van der Waals surface area contributed by atoms with E-state index >= 15 is 0 Å². The molecule has 1 unspecified atom stereocenters. The third kappa shape index (κ3) is 3.25. The topological polar surface area (TPSA) is 59.2 Å². The number of alkyl halides is 5. The first kappa shape index (κ1) is 16.8. The molecule has 1 aliphatic rings. The van der Waals surface area contributed by atoms with Gasteiger partial charge in [0.25, 0.3) is 5.92 Å². The summed E-state index contributed by atoms with van der Waals surface area (Å²) < 4.78 is 67.2. The third-order valence-corrected chi connectivity index (χ3v) is 4.51. The van der Waals surface area contributed by atoms with Crippen molar-refractivity contribution < 1.29 is 31.3 Å². The normalized spacial score (nSPS) is 19.3. The van der Waals surface area contributed by atoms with E-state index in [-0.39, 0.29) is 12.4 Å². The standard InChI is InChI=1S/C13H10F5N3O2S/c1-21(10(22)7-4-12(7,14)15)5-6-2-3-8(24-6)9-19-11(23-20-9)13(16,17)18/h2-3,7H,4-5H2,1H3. The van der Waals surface area contributed by atoms with Crippen molar-refractivity contribution >= 4 is 17.2 Å². The van der Waals surface area contributed by atoms with Crippen LogP contribution in [-0.2, 0) is 17.5 Å². The zero-order valence-corrected chi connectivity index (χ0v) is 12.9. The van der Waals surface area contributed by atoms with Gasteiger partial charge in [-0.3, -0.25) is 4.79 Å². The fourth-order valence-electron chi connectivity index (χ4n) is 2.08. The Balaban J connectivity index is 1.67. The molecule has 1 atom stereocenters. The molecule has 2 heterocycles. The van der Waals surface area contributed by atoms with Crippen molar-refractivity contribution in [3.05, 3.63) is 22.9 Å². The van der Waals surface area contributed by atoms with Gasteiger partial charge >= 0.3 is 12.1 Å². The number of rotatable bonds is 4. The Morgan fingerprint density at radius 3 is 2.67 bits per heavy atom. The van der Waals surface area contributed by atoms with Crippen molar-refractivity contribution in [3.8, 4) is 10.7 Å². The molecule has 0 bridgehead atoms. The number of thiophene rings is 1. The molecule has 1 saturated carbocycles. The van der Waals surface area contributed by atoms with Gasteiger partial charge in [-0.25, -0.2) is 8.78 Å². The quantitative estimate of drug-likeness (QED) is 0.777. The van der Waals surface area contributed by atoms with Gasteiger partial charge in [-0.2, -0.15) is 18.2 Å². The first-order chi connectivity index (χ1) is 11.1. The Kier molecular flexibility index (Phi) is 3.85. The number of hydrogen-bond donors (Lipinski definition) is 0. The summed E-state index contributed by atoms with van der Waals surface area (Å²) in [5, 5.41) is 3.26. The highest BCUT2D eigenvalue weighted by molar-refractivity contribution is 7.15. The molecular weight excluding hydrogens is 357 g/mol. The van der Waals surface area contributed by atoms with Gasteiger partial charge < -0.3 is 9.42 Å². The second-order valence-electron chi connectivity index (χ2n) is 5.40. The van der Waals surface area contributed by atoms with Crippen molar-refractivity contribution in [2.24, 2.45) is 5.92 Å². The van der Waals surface area contributed by atoms with Crippen molar-refractivity contribution in [1.29, 1.82) is 0 Å². The third-order valence-electron chi connectivity index (χ3n) is 3.44. The Hall–Kier alpha value is -2.04. The lowest BCUT2D eigenvalue weighted by molar-refractivity contribution is -0.159. The van der Waals surface area contributed by atoms with Crippen molar-refractivity contribution in [1.82, 2.24) is 15.0 Å². The van der Waals surface area contributed by atoms with E-state index in [2.05, 4.69) is 14.7 Å². The predicted octanol–water partition coefficient (Wildman–Crippen LogP) is 3.43. The predicted molar refractivity (Wildman–Crippen MR) is 72.1 cm³/mol. The first-order valence-corrected chi connectivity index (χ1v) is 7.52. The van der Waals surface area contributed by atoms with Crippen molar-refractivity contribution in [3.63, 3.8) is 0 Å². The number of halogens is 5. The van der Waals surface area contributed by atoms with Crippen LogP contribution in [0.4, 0.5) is 22.0 Å². The highest BCUT2D eigenvalue weighted by Crippen LogP contribution is 2.49. The average Bonchev–Trinajstić information content (AvgIpc) is 2.92. The van der Waals surface area contributed by atoms with Gasteiger partial charge in [-0.1, -0.05) is 5.16 Å². The Morgan fingerprint density at radius 1 is 1.46 bits per heavy atom. The molecule has 0 aromatic carbocycles. The fraction of sp³-hybridized carbons (Fsp3) is 0.462. The van der Waals surface area contributed by atoms with E-state index in [0.717, 1.165) is 11.3 Å². The average molecular weight is 367 g/mol. The van der Waals surface area contributed by atoms with E-state index in [9.17, 15) is 26.7 Å². The summed E-state index contributed by atoms with van der Waals surface area (Å²) in [4.78, 5) is 17.2. The second-order valence-corrected chi connectivity index (χ2v) is 6.57. The van der Waals surface area contributed by atoms with Crippen molar-refractivity contribution in [2.75, 3.05) is 7.05 Å². The molecule has 5 nitrogen and oxygen atoms in total. The molecule has 0 spiro atoms. The molecule has 2 aromatic heterocycles. The van der Waals surface area contributed by atoms with E-state index in [0.29, 0.717) is 9.75 Å². The van der Waals surface area contributed by atoms with Gasteiger partial charge in [-0.15, -0.1) is 11.3 Å². The van der Waals surface area contributed by atoms with E-state index in [1.807, 2.05) is 0 Å².